The van der Waals surface area contributed by atoms with E-state index in [1.165, 1.54) is 5.56 Å². The van der Waals surface area contributed by atoms with Crippen LogP contribution in [0, 0.1) is 0 Å². The Morgan fingerprint density at radius 3 is 2.55 bits per heavy atom. The van der Waals surface area contributed by atoms with Gasteiger partial charge in [-0.3, -0.25) is 0 Å². The van der Waals surface area contributed by atoms with Crippen LogP contribution < -0.4 is 10.1 Å². The molecule has 0 aromatic heterocycles. The molecule has 0 heterocycles. The second-order valence-corrected chi connectivity index (χ2v) is 6.41. The van der Waals surface area contributed by atoms with Crippen molar-refractivity contribution in [3.63, 3.8) is 0 Å². The lowest BCUT2D eigenvalue weighted by molar-refractivity contribution is 0.0703. The van der Waals surface area contributed by atoms with Gasteiger partial charge in [-0.2, -0.15) is 0 Å². The van der Waals surface area contributed by atoms with Gasteiger partial charge in [-0.05, 0) is 54.4 Å². The summed E-state index contributed by atoms with van der Waals surface area (Å²) in [4.78, 5) is 0. The number of hydrogen-bond acceptors (Lipinski definition) is 4. The minimum atomic E-state index is 0.0408. The highest BCUT2D eigenvalue weighted by Gasteiger charge is 2.09. The molecule has 5 heteroatoms. The molecule has 2 N–H and O–H groups in total. The summed E-state index contributed by atoms with van der Waals surface area (Å²) in [5, 5.41) is 12.0. The molecule has 0 aliphatic heterocycles. The fraction of sp³-hybridized carbons (Fsp3) is 0.600. The first-order valence-electron chi connectivity index (χ1n) is 6.77. The van der Waals surface area contributed by atoms with Gasteiger partial charge in [0.15, 0.2) is 0 Å². The zero-order chi connectivity index (χ0) is 15.0. The highest BCUT2D eigenvalue weighted by molar-refractivity contribution is 9.10. The molecule has 1 aromatic rings. The Balaban J connectivity index is 2.43. The van der Waals surface area contributed by atoms with Crippen molar-refractivity contribution in [3.8, 4) is 5.75 Å². The summed E-state index contributed by atoms with van der Waals surface area (Å²) in [7, 11) is 0. The van der Waals surface area contributed by atoms with Gasteiger partial charge in [0, 0.05) is 12.1 Å². The summed E-state index contributed by atoms with van der Waals surface area (Å²) in [6, 6.07) is 6.06. The van der Waals surface area contributed by atoms with E-state index < -0.39 is 0 Å². The van der Waals surface area contributed by atoms with E-state index >= 15 is 0 Å². The molecule has 20 heavy (non-hydrogen) atoms. The Morgan fingerprint density at radius 1 is 1.20 bits per heavy atom. The highest BCUT2D eigenvalue weighted by atomic mass is 79.9. The maximum Gasteiger partial charge on any atom is 0.133 e. The molecule has 0 radical (unpaired) electrons. The van der Waals surface area contributed by atoms with Crippen LogP contribution in [-0.2, 0) is 11.3 Å². The molecule has 0 saturated carbocycles. The van der Waals surface area contributed by atoms with Gasteiger partial charge in [-0.25, -0.2) is 0 Å². The number of benzene rings is 1. The van der Waals surface area contributed by atoms with Gasteiger partial charge in [0.05, 0.1) is 24.3 Å². The van der Waals surface area contributed by atoms with Crippen LogP contribution in [-0.4, -0.2) is 37.1 Å². The van der Waals surface area contributed by atoms with Crippen LogP contribution in [0.5, 0.6) is 5.75 Å². The number of aliphatic hydroxyl groups excluding tert-OH is 1. The molecule has 0 aliphatic rings. The Bertz CT molecular complexity index is 405. The van der Waals surface area contributed by atoms with Gasteiger partial charge in [0.25, 0.3) is 0 Å². The third-order valence-electron chi connectivity index (χ3n) is 2.54. The van der Waals surface area contributed by atoms with Crippen molar-refractivity contribution in [2.45, 2.75) is 32.9 Å². The number of aliphatic hydroxyl groups is 1. The van der Waals surface area contributed by atoms with Crippen LogP contribution in [0.15, 0.2) is 22.7 Å². The summed E-state index contributed by atoms with van der Waals surface area (Å²) < 4.78 is 11.7. The first-order chi connectivity index (χ1) is 9.42. The van der Waals surface area contributed by atoms with Crippen LogP contribution in [0.3, 0.4) is 0 Å². The monoisotopic (exact) mass is 345 g/mol. The molecule has 1 aromatic carbocycles. The Morgan fingerprint density at radius 2 is 1.95 bits per heavy atom. The largest absolute Gasteiger partial charge is 0.490 e. The van der Waals surface area contributed by atoms with Gasteiger partial charge in [0.1, 0.15) is 12.4 Å². The zero-order valence-corrected chi connectivity index (χ0v) is 14.0. The molecule has 0 unspecified atom stereocenters. The minimum absolute atomic E-state index is 0.0408. The van der Waals surface area contributed by atoms with E-state index in [2.05, 4.69) is 48.1 Å². The van der Waals surface area contributed by atoms with E-state index in [1.54, 1.807) is 0 Å². The van der Waals surface area contributed by atoms with E-state index in [0.717, 1.165) is 16.8 Å². The van der Waals surface area contributed by atoms with Gasteiger partial charge in [-0.15, -0.1) is 0 Å². The molecule has 1 rings (SSSR count). The van der Waals surface area contributed by atoms with Crippen molar-refractivity contribution in [3.05, 3.63) is 28.2 Å². The molecule has 114 valence electrons. The molecule has 0 amide bonds. The van der Waals surface area contributed by atoms with Crippen molar-refractivity contribution in [2.24, 2.45) is 0 Å². The number of ether oxygens (including phenoxy) is 2. The van der Waals surface area contributed by atoms with E-state index in [-0.39, 0.29) is 12.1 Å². The fourth-order valence-electron chi connectivity index (χ4n) is 1.52. The Kier molecular flexibility index (Phi) is 7.51. The number of nitrogens with one attached hydrogen (secondary N) is 1. The number of rotatable bonds is 8. The summed E-state index contributed by atoms with van der Waals surface area (Å²) >= 11 is 3.52. The van der Waals surface area contributed by atoms with E-state index in [0.29, 0.717) is 19.8 Å². The number of halogens is 1. The van der Waals surface area contributed by atoms with E-state index in [4.69, 9.17) is 14.6 Å². The molecular weight excluding hydrogens is 322 g/mol. The SMILES string of the molecule is CC(C)(C)NCc1ccc(OCCOCCO)c(Br)c1. The normalized spacial score (nSPS) is 11.7. The van der Waals surface area contributed by atoms with Crippen LogP contribution in [0.2, 0.25) is 0 Å². The number of hydrogen-bond donors (Lipinski definition) is 2. The first-order valence-corrected chi connectivity index (χ1v) is 7.56. The van der Waals surface area contributed by atoms with Crippen LogP contribution >= 0.6 is 15.9 Å². The van der Waals surface area contributed by atoms with Gasteiger partial charge >= 0.3 is 0 Å². The van der Waals surface area contributed by atoms with E-state index in [1.807, 2.05) is 12.1 Å². The quantitative estimate of drug-likeness (QED) is 0.711. The zero-order valence-electron chi connectivity index (χ0n) is 12.4. The van der Waals surface area contributed by atoms with Crippen molar-refractivity contribution in [2.75, 3.05) is 26.4 Å². The van der Waals surface area contributed by atoms with Crippen LogP contribution in [0.4, 0.5) is 0 Å². The van der Waals surface area contributed by atoms with Gasteiger partial charge in [-0.1, -0.05) is 6.07 Å². The molecule has 0 atom stereocenters. The predicted octanol–water partition coefficient (Wildman–Crippen LogP) is 2.72. The first kappa shape index (κ1) is 17.4. The summed E-state index contributed by atoms with van der Waals surface area (Å²) in [6.45, 7) is 8.59. The summed E-state index contributed by atoms with van der Waals surface area (Å²) in [6.07, 6.45) is 0. The minimum Gasteiger partial charge on any atom is -0.490 e. The molecule has 0 bridgehead atoms. The average molecular weight is 346 g/mol. The smallest absolute Gasteiger partial charge is 0.133 e. The third kappa shape index (κ3) is 7.24. The lowest BCUT2D eigenvalue weighted by Crippen LogP contribution is -2.35. The summed E-state index contributed by atoms with van der Waals surface area (Å²) in [5.74, 6) is 0.803. The lowest BCUT2D eigenvalue weighted by Gasteiger charge is -2.20. The Hall–Kier alpha value is -0.620. The van der Waals surface area contributed by atoms with Crippen molar-refractivity contribution in [1.29, 1.82) is 0 Å². The lowest BCUT2D eigenvalue weighted by atomic mass is 10.1. The molecule has 0 saturated heterocycles. The predicted molar refractivity (Wildman–Crippen MR) is 84.1 cm³/mol. The van der Waals surface area contributed by atoms with Crippen molar-refractivity contribution >= 4 is 15.9 Å². The fourth-order valence-corrected chi connectivity index (χ4v) is 2.06. The van der Waals surface area contributed by atoms with Gasteiger partial charge in [0.2, 0.25) is 0 Å². The van der Waals surface area contributed by atoms with Crippen LogP contribution in [0.1, 0.15) is 26.3 Å². The summed E-state index contributed by atoms with van der Waals surface area (Å²) in [5.41, 5.74) is 1.31. The maximum atomic E-state index is 8.59. The van der Waals surface area contributed by atoms with E-state index in [9.17, 15) is 0 Å². The molecule has 4 nitrogen and oxygen atoms in total. The van der Waals surface area contributed by atoms with Gasteiger partial charge < -0.3 is 19.9 Å². The second-order valence-electron chi connectivity index (χ2n) is 5.55. The van der Waals surface area contributed by atoms with Crippen molar-refractivity contribution in [1.82, 2.24) is 5.32 Å². The molecule has 0 fully saturated rings. The second kappa shape index (κ2) is 8.62. The Labute approximate surface area is 129 Å². The average Bonchev–Trinajstić information content (AvgIpc) is 2.37. The molecule has 0 spiro atoms. The molecular formula is C15H24BrNO3. The highest BCUT2D eigenvalue weighted by Crippen LogP contribution is 2.26. The standard InChI is InChI=1S/C15H24BrNO3/c1-15(2,3)17-11-12-4-5-14(13(16)10-12)20-9-8-19-7-6-18/h4-5,10,17-18H,6-9,11H2,1-3H3. The molecule has 0 aliphatic carbocycles. The maximum absolute atomic E-state index is 8.59. The van der Waals surface area contributed by atoms with Crippen molar-refractivity contribution < 1.29 is 14.6 Å². The van der Waals surface area contributed by atoms with Crippen LogP contribution in [0.25, 0.3) is 0 Å². The topological polar surface area (TPSA) is 50.7 Å². The third-order valence-corrected chi connectivity index (χ3v) is 3.16.